The fraction of sp³-hybridized carbons (Fsp3) is 1.00. The van der Waals surface area contributed by atoms with Crippen molar-refractivity contribution in [2.75, 3.05) is 25.4 Å². The first-order valence-corrected chi connectivity index (χ1v) is 7.97. The second-order valence-electron chi connectivity index (χ2n) is 4.51. The van der Waals surface area contributed by atoms with Gasteiger partial charge < -0.3 is 5.32 Å². The summed E-state index contributed by atoms with van der Waals surface area (Å²) in [6, 6.07) is 0. The summed E-state index contributed by atoms with van der Waals surface area (Å²) in [7, 11) is -3.03. The van der Waals surface area contributed by atoms with E-state index in [4.69, 9.17) is 0 Å². The van der Waals surface area contributed by atoms with Gasteiger partial charge in [-0.2, -0.15) is 0 Å². The summed E-state index contributed by atoms with van der Waals surface area (Å²) < 4.78 is 25.7. The summed E-state index contributed by atoms with van der Waals surface area (Å²) in [6.07, 6.45) is 5.54. The van der Waals surface area contributed by atoms with Crippen LogP contribution in [0.3, 0.4) is 0 Å². The van der Waals surface area contributed by atoms with E-state index in [0.717, 1.165) is 25.4 Å². The minimum absolute atomic E-state index is 0.240. The Labute approximate surface area is 99.2 Å². The van der Waals surface area contributed by atoms with Crippen molar-refractivity contribution in [3.63, 3.8) is 0 Å². The number of nitrogens with one attached hydrogen (secondary N) is 2. The standard InChI is InChI=1S/C11H24N2O2S/c1-2-12-8-4-10-16(14,15)13-9-3-5-11-6-7-11/h11-13H,2-10H2,1H3. The monoisotopic (exact) mass is 248 g/mol. The van der Waals surface area contributed by atoms with Crippen molar-refractivity contribution in [3.8, 4) is 0 Å². The topological polar surface area (TPSA) is 58.2 Å². The van der Waals surface area contributed by atoms with Crippen molar-refractivity contribution in [1.82, 2.24) is 10.0 Å². The zero-order valence-electron chi connectivity index (χ0n) is 10.2. The minimum Gasteiger partial charge on any atom is -0.317 e. The average Bonchev–Trinajstić information content (AvgIpc) is 3.04. The first kappa shape index (κ1) is 13.9. The van der Waals surface area contributed by atoms with Crippen LogP contribution in [0, 0.1) is 5.92 Å². The van der Waals surface area contributed by atoms with Gasteiger partial charge in [0.1, 0.15) is 0 Å². The van der Waals surface area contributed by atoms with Gasteiger partial charge >= 0.3 is 0 Å². The summed E-state index contributed by atoms with van der Waals surface area (Å²) in [5.74, 6) is 1.13. The molecule has 1 saturated carbocycles. The van der Waals surface area contributed by atoms with Crippen molar-refractivity contribution in [2.24, 2.45) is 5.92 Å². The van der Waals surface area contributed by atoms with Crippen molar-refractivity contribution in [1.29, 1.82) is 0 Å². The van der Waals surface area contributed by atoms with E-state index in [9.17, 15) is 8.42 Å². The Balaban J connectivity index is 1.98. The molecule has 1 aliphatic carbocycles. The van der Waals surface area contributed by atoms with E-state index in [1.165, 1.54) is 19.3 Å². The predicted octanol–water partition coefficient (Wildman–Crippen LogP) is 1.10. The second kappa shape index (κ2) is 7.25. The van der Waals surface area contributed by atoms with E-state index >= 15 is 0 Å². The van der Waals surface area contributed by atoms with Gasteiger partial charge in [-0.15, -0.1) is 0 Å². The maximum absolute atomic E-state index is 11.5. The Kier molecular flexibility index (Phi) is 6.31. The first-order valence-electron chi connectivity index (χ1n) is 6.32. The summed E-state index contributed by atoms with van der Waals surface area (Å²) in [4.78, 5) is 0. The molecule has 0 aromatic rings. The summed E-state index contributed by atoms with van der Waals surface area (Å²) in [6.45, 7) is 4.30. The smallest absolute Gasteiger partial charge is 0.211 e. The molecule has 2 N–H and O–H groups in total. The minimum atomic E-state index is -3.03. The molecular formula is C11H24N2O2S. The maximum Gasteiger partial charge on any atom is 0.211 e. The van der Waals surface area contributed by atoms with Crippen LogP contribution < -0.4 is 10.0 Å². The SMILES string of the molecule is CCNCCCS(=O)(=O)NCCCC1CC1. The number of hydrogen-bond donors (Lipinski definition) is 2. The van der Waals surface area contributed by atoms with Crippen LogP contribution in [0.5, 0.6) is 0 Å². The van der Waals surface area contributed by atoms with Crippen molar-refractivity contribution in [3.05, 3.63) is 0 Å². The van der Waals surface area contributed by atoms with Crippen LogP contribution in [-0.4, -0.2) is 33.8 Å². The molecule has 0 bridgehead atoms. The Morgan fingerprint density at radius 3 is 2.56 bits per heavy atom. The highest BCUT2D eigenvalue weighted by molar-refractivity contribution is 7.89. The molecule has 1 aliphatic rings. The van der Waals surface area contributed by atoms with Gasteiger partial charge in [0.25, 0.3) is 0 Å². The Morgan fingerprint density at radius 1 is 1.19 bits per heavy atom. The van der Waals surface area contributed by atoms with Crippen molar-refractivity contribution >= 4 is 10.0 Å². The fourth-order valence-corrected chi connectivity index (χ4v) is 2.79. The molecule has 0 aliphatic heterocycles. The lowest BCUT2D eigenvalue weighted by molar-refractivity contribution is 0.567. The molecule has 16 heavy (non-hydrogen) atoms. The molecule has 96 valence electrons. The van der Waals surface area contributed by atoms with Crippen molar-refractivity contribution in [2.45, 2.75) is 39.0 Å². The fourth-order valence-electron chi connectivity index (χ4n) is 1.66. The number of hydrogen-bond acceptors (Lipinski definition) is 3. The molecule has 0 heterocycles. The molecule has 0 amide bonds. The normalized spacial score (nSPS) is 16.6. The van der Waals surface area contributed by atoms with Crippen LogP contribution in [0.15, 0.2) is 0 Å². The Morgan fingerprint density at radius 2 is 1.94 bits per heavy atom. The van der Waals surface area contributed by atoms with E-state index < -0.39 is 10.0 Å². The molecule has 0 spiro atoms. The lowest BCUT2D eigenvalue weighted by atomic mass is 10.2. The largest absolute Gasteiger partial charge is 0.317 e. The molecule has 1 fully saturated rings. The molecule has 0 saturated heterocycles. The molecule has 0 unspecified atom stereocenters. The van der Waals surface area contributed by atoms with Gasteiger partial charge in [-0.1, -0.05) is 19.8 Å². The molecule has 1 rings (SSSR count). The number of rotatable bonds is 10. The van der Waals surface area contributed by atoms with Gasteiger partial charge in [0, 0.05) is 6.54 Å². The highest BCUT2D eigenvalue weighted by Gasteiger charge is 2.20. The molecular weight excluding hydrogens is 224 g/mol. The molecule has 4 nitrogen and oxygen atoms in total. The van der Waals surface area contributed by atoms with Crippen LogP contribution in [0.4, 0.5) is 0 Å². The van der Waals surface area contributed by atoms with Crippen LogP contribution in [-0.2, 0) is 10.0 Å². The summed E-state index contributed by atoms with van der Waals surface area (Å²) in [5.41, 5.74) is 0. The van der Waals surface area contributed by atoms with Crippen LogP contribution >= 0.6 is 0 Å². The third-order valence-electron chi connectivity index (χ3n) is 2.82. The van der Waals surface area contributed by atoms with E-state index in [0.29, 0.717) is 13.0 Å². The molecule has 5 heteroatoms. The van der Waals surface area contributed by atoms with Gasteiger partial charge in [0.2, 0.25) is 10.0 Å². The van der Waals surface area contributed by atoms with Gasteiger partial charge in [0.15, 0.2) is 0 Å². The zero-order valence-corrected chi connectivity index (χ0v) is 11.0. The van der Waals surface area contributed by atoms with Gasteiger partial charge in [0.05, 0.1) is 5.75 Å². The molecule has 0 aromatic carbocycles. The zero-order chi connectivity index (χ0) is 11.9. The van der Waals surface area contributed by atoms with Crippen LogP contribution in [0.1, 0.15) is 39.0 Å². The molecule has 0 atom stereocenters. The third-order valence-corrected chi connectivity index (χ3v) is 4.29. The van der Waals surface area contributed by atoms with Gasteiger partial charge in [-0.05, 0) is 38.3 Å². The van der Waals surface area contributed by atoms with Gasteiger partial charge in [-0.3, -0.25) is 0 Å². The van der Waals surface area contributed by atoms with E-state index in [-0.39, 0.29) is 5.75 Å². The highest BCUT2D eigenvalue weighted by Crippen LogP contribution is 2.33. The quantitative estimate of drug-likeness (QED) is 0.569. The summed E-state index contributed by atoms with van der Waals surface area (Å²) >= 11 is 0. The first-order chi connectivity index (χ1) is 7.64. The van der Waals surface area contributed by atoms with Gasteiger partial charge in [-0.25, -0.2) is 13.1 Å². The second-order valence-corrected chi connectivity index (χ2v) is 6.43. The molecule has 0 aromatic heterocycles. The molecule has 0 radical (unpaired) electrons. The average molecular weight is 248 g/mol. The van der Waals surface area contributed by atoms with Crippen LogP contribution in [0.2, 0.25) is 0 Å². The van der Waals surface area contributed by atoms with Crippen LogP contribution in [0.25, 0.3) is 0 Å². The van der Waals surface area contributed by atoms with E-state index in [2.05, 4.69) is 10.0 Å². The third kappa shape index (κ3) is 7.19. The lowest BCUT2D eigenvalue weighted by Crippen LogP contribution is -2.29. The predicted molar refractivity (Wildman–Crippen MR) is 66.9 cm³/mol. The Bertz CT molecular complexity index is 274. The lowest BCUT2D eigenvalue weighted by Gasteiger charge is -2.06. The van der Waals surface area contributed by atoms with E-state index in [1.54, 1.807) is 0 Å². The van der Waals surface area contributed by atoms with Crippen molar-refractivity contribution < 1.29 is 8.42 Å². The van der Waals surface area contributed by atoms with E-state index in [1.807, 2.05) is 6.92 Å². The summed E-state index contributed by atoms with van der Waals surface area (Å²) in [5, 5.41) is 3.12. The Hall–Kier alpha value is -0.130. The maximum atomic E-state index is 11.5. The highest BCUT2D eigenvalue weighted by atomic mass is 32.2. The number of sulfonamides is 1.